The number of aryl methyl sites for hydroxylation is 2. The molecular weight excluding hydrogens is 625 g/mol. The van der Waals surface area contributed by atoms with E-state index < -0.39 is 34.3 Å². The van der Waals surface area contributed by atoms with Gasteiger partial charge in [-0.05, 0) is 78.9 Å². The molecule has 0 aliphatic rings. The summed E-state index contributed by atoms with van der Waals surface area (Å²) in [4.78, 5) is 29.8. The van der Waals surface area contributed by atoms with Crippen LogP contribution < -0.4 is 9.62 Å². The zero-order valence-electron chi connectivity index (χ0n) is 26.4. The Morgan fingerprint density at radius 1 is 0.870 bits per heavy atom. The Morgan fingerprint density at radius 3 is 2.13 bits per heavy atom. The lowest BCUT2D eigenvalue weighted by molar-refractivity contribution is -0.140. The van der Waals surface area contributed by atoms with E-state index in [9.17, 15) is 22.4 Å². The molecule has 0 aliphatic carbocycles. The Morgan fingerprint density at radius 2 is 1.52 bits per heavy atom. The van der Waals surface area contributed by atoms with E-state index in [-0.39, 0.29) is 35.4 Å². The molecule has 0 saturated heterocycles. The van der Waals surface area contributed by atoms with Gasteiger partial charge in [0.05, 0.1) is 10.6 Å². The fourth-order valence-corrected chi connectivity index (χ4v) is 6.72. The number of sulfonamides is 1. The van der Waals surface area contributed by atoms with Gasteiger partial charge in [0.15, 0.2) is 0 Å². The maximum absolute atomic E-state index is 14.5. The average molecular weight is 664 g/mol. The summed E-state index contributed by atoms with van der Waals surface area (Å²) in [5.41, 5.74) is 3.12. The van der Waals surface area contributed by atoms with Gasteiger partial charge >= 0.3 is 0 Å². The zero-order valence-corrected chi connectivity index (χ0v) is 28.0. The molecule has 0 heterocycles. The normalized spacial score (nSPS) is 12.1. The summed E-state index contributed by atoms with van der Waals surface area (Å²) >= 11 is 6.22. The van der Waals surface area contributed by atoms with Crippen molar-refractivity contribution in [3.8, 4) is 0 Å². The van der Waals surface area contributed by atoms with Crippen LogP contribution >= 0.6 is 11.6 Å². The van der Waals surface area contributed by atoms with Crippen LogP contribution in [0.25, 0.3) is 0 Å². The molecule has 0 unspecified atom stereocenters. The van der Waals surface area contributed by atoms with E-state index >= 15 is 0 Å². The fraction of sp³-hybridized carbons (Fsp3) is 0.278. The molecule has 0 radical (unpaired) electrons. The second-order valence-electron chi connectivity index (χ2n) is 11.7. The number of benzene rings is 4. The Labute approximate surface area is 276 Å². The summed E-state index contributed by atoms with van der Waals surface area (Å²) in [7, 11) is -4.25. The molecule has 0 aliphatic heterocycles. The third-order valence-electron chi connectivity index (χ3n) is 7.54. The van der Waals surface area contributed by atoms with Gasteiger partial charge in [-0.2, -0.15) is 0 Å². The maximum atomic E-state index is 14.5. The van der Waals surface area contributed by atoms with Crippen LogP contribution in [0, 0.1) is 25.6 Å². The smallest absolute Gasteiger partial charge is 0.264 e. The number of hydrogen-bond donors (Lipinski definition) is 1. The van der Waals surface area contributed by atoms with E-state index in [4.69, 9.17) is 11.6 Å². The second kappa shape index (κ2) is 15.4. The number of anilines is 1. The van der Waals surface area contributed by atoms with E-state index in [1.54, 1.807) is 49.4 Å². The van der Waals surface area contributed by atoms with E-state index in [0.29, 0.717) is 22.7 Å². The lowest BCUT2D eigenvalue weighted by atomic mass is 10.0. The van der Waals surface area contributed by atoms with Crippen LogP contribution in [0.3, 0.4) is 0 Å². The second-order valence-corrected chi connectivity index (χ2v) is 14.0. The Bertz CT molecular complexity index is 1750. The molecule has 2 amide bonds. The van der Waals surface area contributed by atoms with Gasteiger partial charge in [0.2, 0.25) is 11.8 Å². The molecule has 4 aromatic rings. The number of nitrogens with one attached hydrogen (secondary N) is 1. The lowest BCUT2D eigenvalue weighted by Gasteiger charge is -2.34. The molecule has 0 fully saturated rings. The first-order valence-corrected chi connectivity index (χ1v) is 16.9. The number of carbonyl (C=O) groups excluding carboxylic acids is 2. The highest BCUT2D eigenvalue weighted by Gasteiger charge is 2.35. The van der Waals surface area contributed by atoms with Gasteiger partial charge in [-0.15, -0.1) is 0 Å². The zero-order chi connectivity index (χ0) is 33.4. The summed E-state index contributed by atoms with van der Waals surface area (Å²) in [5, 5.41) is 3.37. The van der Waals surface area contributed by atoms with E-state index in [0.717, 1.165) is 15.4 Å². The molecule has 0 saturated carbocycles. The summed E-state index contributed by atoms with van der Waals surface area (Å²) < 4.78 is 43.3. The standard InChI is InChI=1S/C36H39ClFN3O4S/c1-25(2)22-39-36(43)34(21-28-8-6-5-7-9-28)40(23-29-12-15-31(38)16-13-29)35(42)24-41(33-19-14-30(37)20-27(33)4)46(44,45)32-17-10-26(3)11-18-32/h5-20,25,34H,21-24H2,1-4H3,(H,39,43)/t34-/m1/s1. The largest absolute Gasteiger partial charge is 0.354 e. The van der Waals surface area contributed by atoms with Gasteiger partial charge in [-0.1, -0.05) is 85.6 Å². The number of hydrogen-bond acceptors (Lipinski definition) is 4. The average Bonchev–Trinajstić information content (AvgIpc) is 3.02. The predicted octanol–water partition coefficient (Wildman–Crippen LogP) is 6.70. The minimum Gasteiger partial charge on any atom is -0.354 e. The molecule has 242 valence electrons. The molecule has 4 aromatic carbocycles. The van der Waals surface area contributed by atoms with E-state index in [1.165, 1.54) is 29.2 Å². The molecule has 0 aromatic heterocycles. The minimum atomic E-state index is -4.25. The van der Waals surface area contributed by atoms with E-state index in [1.807, 2.05) is 51.1 Å². The van der Waals surface area contributed by atoms with Crippen molar-refractivity contribution in [2.75, 3.05) is 17.4 Å². The first kappa shape index (κ1) is 34.7. The number of halogens is 2. The summed E-state index contributed by atoms with van der Waals surface area (Å²) in [6, 6.07) is 25.1. The highest BCUT2D eigenvalue weighted by atomic mass is 35.5. The Hall–Kier alpha value is -4.21. The fourth-order valence-electron chi connectivity index (χ4n) is 5.01. The molecule has 4 rings (SSSR count). The number of nitrogens with zero attached hydrogens (tertiary/aromatic N) is 2. The summed E-state index contributed by atoms with van der Waals surface area (Å²) in [6.45, 7) is 7.25. The first-order valence-electron chi connectivity index (χ1n) is 15.1. The highest BCUT2D eigenvalue weighted by molar-refractivity contribution is 7.92. The number of amides is 2. The monoisotopic (exact) mass is 663 g/mol. The molecule has 7 nitrogen and oxygen atoms in total. The van der Waals surface area contributed by atoms with Crippen LogP contribution in [0.4, 0.5) is 10.1 Å². The third kappa shape index (κ3) is 8.95. The summed E-state index contributed by atoms with van der Waals surface area (Å²) in [5.74, 6) is -1.25. The van der Waals surface area contributed by atoms with Crippen LogP contribution in [0.5, 0.6) is 0 Å². The Balaban J connectivity index is 1.82. The molecule has 0 spiro atoms. The van der Waals surface area contributed by atoms with Crippen molar-refractivity contribution < 1.29 is 22.4 Å². The van der Waals surface area contributed by atoms with Gasteiger partial charge in [0, 0.05) is 24.5 Å². The van der Waals surface area contributed by atoms with E-state index in [2.05, 4.69) is 5.32 Å². The highest BCUT2D eigenvalue weighted by Crippen LogP contribution is 2.30. The van der Waals surface area contributed by atoms with Crippen molar-refractivity contribution in [1.82, 2.24) is 10.2 Å². The third-order valence-corrected chi connectivity index (χ3v) is 9.55. The molecule has 1 atom stereocenters. The van der Waals surface area contributed by atoms with Gasteiger partial charge in [-0.25, -0.2) is 12.8 Å². The van der Waals surface area contributed by atoms with Gasteiger partial charge < -0.3 is 10.2 Å². The molecular formula is C36H39ClFN3O4S. The van der Waals surface area contributed by atoms with Crippen molar-refractivity contribution >= 4 is 39.1 Å². The van der Waals surface area contributed by atoms with Crippen molar-refractivity contribution in [1.29, 1.82) is 0 Å². The Kier molecular flexibility index (Phi) is 11.6. The number of carbonyl (C=O) groups is 2. The predicted molar refractivity (Wildman–Crippen MR) is 181 cm³/mol. The lowest BCUT2D eigenvalue weighted by Crippen LogP contribution is -2.53. The van der Waals surface area contributed by atoms with Crippen molar-refractivity contribution in [2.45, 2.75) is 51.6 Å². The van der Waals surface area contributed by atoms with Crippen LogP contribution in [-0.2, 0) is 32.6 Å². The van der Waals surface area contributed by atoms with Crippen molar-refractivity contribution in [3.05, 3.63) is 130 Å². The van der Waals surface area contributed by atoms with Crippen LogP contribution in [0.1, 0.15) is 36.1 Å². The molecule has 1 N–H and O–H groups in total. The molecule has 10 heteroatoms. The quantitative estimate of drug-likeness (QED) is 0.172. The van der Waals surface area contributed by atoms with Gasteiger partial charge in [0.1, 0.15) is 18.4 Å². The molecule has 46 heavy (non-hydrogen) atoms. The topological polar surface area (TPSA) is 86.8 Å². The SMILES string of the molecule is Cc1ccc(S(=O)(=O)N(CC(=O)N(Cc2ccc(F)cc2)[C@H](Cc2ccccc2)C(=O)NCC(C)C)c2ccc(Cl)cc2C)cc1. The summed E-state index contributed by atoms with van der Waals surface area (Å²) in [6.07, 6.45) is 0.183. The van der Waals surface area contributed by atoms with Crippen molar-refractivity contribution in [2.24, 2.45) is 5.92 Å². The minimum absolute atomic E-state index is 0.0147. The van der Waals surface area contributed by atoms with Crippen LogP contribution in [0.2, 0.25) is 5.02 Å². The molecule has 0 bridgehead atoms. The van der Waals surface area contributed by atoms with Crippen molar-refractivity contribution in [3.63, 3.8) is 0 Å². The first-order chi connectivity index (χ1) is 21.8. The van der Waals surface area contributed by atoms with Crippen LogP contribution in [-0.4, -0.2) is 44.3 Å². The number of rotatable bonds is 13. The van der Waals surface area contributed by atoms with Gasteiger partial charge in [0.25, 0.3) is 10.0 Å². The van der Waals surface area contributed by atoms with Crippen LogP contribution in [0.15, 0.2) is 102 Å². The van der Waals surface area contributed by atoms with Gasteiger partial charge in [-0.3, -0.25) is 13.9 Å². The maximum Gasteiger partial charge on any atom is 0.264 e.